The van der Waals surface area contributed by atoms with E-state index in [1.54, 1.807) is 11.8 Å². The van der Waals surface area contributed by atoms with Crippen LogP contribution < -0.4 is 5.73 Å². The molecular formula is C11H22N2O2. The van der Waals surface area contributed by atoms with Gasteiger partial charge in [-0.2, -0.15) is 0 Å². The molecule has 4 heteroatoms. The van der Waals surface area contributed by atoms with Gasteiger partial charge in [-0.15, -0.1) is 0 Å². The maximum atomic E-state index is 11.8. The van der Waals surface area contributed by atoms with E-state index < -0.39 is 5.60 Å². The average molecular weight is 214 g/mol. The van der Waals surface area contributed by atoms with Crippen LogP contribution in [0.4, 0.5) is 0 Å². The largest absolute Gasteiger partial charge is 0.388 e. The van der Waals surface area contributed by atoms with Gasteiger partial charge in [-0.3, -0.25) is 4.79 Å². The van der Waals surface area contributed by atoms with Crippen LogP contribution >= 0.6 is 0 Å². The molecule has 1 aliphatic heterocycles. The highest BCUT2D eigenvalue weighted by Crippen LogP contribution is 2.21. The molecule has 15 heavy (non-hydrogen) atoms. The van der Waals surface area contributed by atoms with E-state index >= 15 is 0 Å². The fourth-order valence-corrected chi connectivity index (χ4v) is 1.92. The first-order valence-corrected chi connectivity index (χ1v) is 5.73. The van der Waals surface area contributed by atoms with Crippen molar-refractivity contribution in [3.63, 3.8) is 0 Å². The summed E-state index contributed by atoms with van der Waals surface area (Å²) in [6.07, 6.45) is 3.43. The summed E-state index contributed by atoms with van der Waals surface area (Å²) in [4.78, 5) is 13.5. The molecule has 2 unspecified atom stereocenters. The highest BCUT2D eigenvalue weighted by atomic mass is 16.3. The van der Waals surface area contributed by atoms with Gasteiger partial charge in [0.05, 0.1) is 11.6 Å². The van der Waals surface area contributed by atoms with E-state index in [1.165, 1.54) is 0 Å². The summed E-state index contributed by atoms with van der Waals surface area (Å²) in [5.74, 6) is -0.0128. The summed E-state index contributed by atoms with van der Waals surface area (Å²) >= 11 is 0. The van der Waals surface area contributed by atoms with E-state index in [0.29, 0.717) is 19.5 Å². The SMILES string of the molecule is CCCCC(N)C(=O)N1CCC(C)(O)C1. The molecule has 1 saturated heterocycles. The number of carbonyl (C=O) groups excluding carboxylic acids is 1. The maximum Gasteiger partial charge on any atom is 0.239 e. The zero-order chi connectivity index (χ0) is 11.5. The van der Waals surface area contributed by atoms with E-state index in [2.05, 4.69) is 6.92 Å². The third kappa shape index (κ3) is 3.47. The monoisotopic (exact) mass is 214 g/mol. The molecular weight excluding hydrogens is 192 g/mol. The second kappa shape index (κ2) is 4.94. The number of nitrogens with zero attached hydrogens (tertiary/aromatic N) is 1. The molecule has 3 N–H and O–H groups in total. The molecule has 0 radical (unpaired) electrons. The van der Waals surface area contributed by atoms with Crippen molar-refractivity contribution in [2.75, 3.05) is 13.1 Å². The van der Waals surface area contributed by atoms with E-state index in [9.17, 15) is 9.90 Å². The molecule has 0 saturated carbocycles. The zero-order valence-electron chi connectivity index (χ0n) is 9.70. The Bertz CT molecular complexity index is 229. The van der Waals surface area contributed by atoms with Gasteiger partial charge in [0.25, 0.3) is 0 Å². The number of unbranched alkanes of at least 4 members (excludes halogenated alkanes) is 1. The molecule has 0 aromatic carbocycles. The Hall–Kier alpha value is -0.610. The van der Waals surface area contributed by atoms with Crippen molar-refractivity contribution in [3.8, 4) is 0 Å². The average Bonchev–Trinajstić information content (AvgIpc) is 2.54. The van der Waals surface area contributed by atoms with Crippen LogP contribution in [0.5, 0.6) is 0 Å². The minimum absolute atomic E-state index is 0.0128. The Balaban J connectivity index is 2.41. The molecule has 1 aliphatic rings. The molecule has 0 aliphatic carbocycles. The smallest absolute Gasteiger partial charge is 0.239 e. The third-order valence-electron chi connectivity index (χ3n) is 2.95. The van der Waals surface area contributed by atoms with Crippen LogP contribution in [0, 0.1) is 0 Å². The van der Waals surface area contributed by atoms with Crippen molar-refractivity contribution in [2.45, 2.75) is 51.2 Å². The number of likely N-dealkylation sites (tertiary alicyclic amines) is 1. The van der Waals surface area contributed by atoms with Crippen molar-refractivity contribution in [1.29, 1.82) is 0 Å². The highest BCUT2D eigenvalue weighted by Gasteiger charge is 2.35. The van der Waals surface area contributed by atoms with Crippen LogP contribution in [-0.2, 0) is 4.79 Å². The first kappa shape index (κ1) is 12.5. The second-order valence-corrected chi connectivity index (χ2v) is 4.76. The van der Waals surface area contributed by atoms with Crippen LogP contribution in [0.2, 0.25) is 0 Å². The Morgan fingerprint density at radius 3 is 2.80 bits per heavy atom. The quantitative estimate of drug-likeness (QED) is 0.715. The fourth-order valence-electron chi connectivity index (χ4n) is 1.92. The molecule has 1 heterocycles. The number of amides is 1. The van der Waals surface area contributed by atoms with E-state index in [0.717, 1.165) is 19.3 Å². The Labute approximate surface area is 91.4 Å². The summed E-state index contributed by atoms with van der Waals surface area (Å²) in [6, 6.07) is -0.390. The number of aliphatic hydroxyl groups is 1. The summed E-state index contributed by atoms with van der Waals surface area (Å²) < 4.78 is 0. The number of β-amino-alcohol motifs (C(OH)–C–C–N with tert-alkyl or cyclic N) is 1. The molecule has 0 bridgehead atoms. The van der Waals surface area contributed by atoms with Crippen LogP contribution in [0.1, 0.15) is 39.5 Å². The standard InChI is InChI=1S/C11H22N2O2/c1-3-4-5-9(12)10(14)13-7-6-11(2,15)8-13/h9,15H,3-8,12H2,1-2H3. The molecule has 88 valence electrons. The van der Waals surface area contributed by atoms with E-state index in [-0.39, 0.29) is 11.9 Å². The van der Waals surface area contributed by atoms with Gasteiger partial charge in [-0.05, 0) is 19.8 Å². The van der Waals surface area contributed by atoms with Crippen LogP contribution in [0.15, 0.2) is 0 Å². The van der Waals surface area contributed by atoms with Crippen LogP contribution in [-0.4, -0.2) is 40.6 Å². The van der Waals surface area contributed by atoms with Gasteiger partial charge in [0.1, 0.15) is 0 Å². The number of hydrogen-bond donors (Lipinski definition) is 2. The minimum Gasteiger partial charge on any atom is -0.388 e. The Morgan fingerprint density at radius 1 is 1.67 bits per heavy atom. The normalized spacial score (nSPS) is 28.1. The van der Waals surface area contributed by atoms with Gasteiger partial charge in [0.15, 0.2) is 0 Å². The van der Waals surface area contributed by atoms with E-state index in [1.807, 2.05) is 0 Å². The van der Waals surface area contributed by atoms with Gasteiger partial charge < -0.3 is 15.7 Å². The number of nitrogens with two attached hydrogens (primary N) is 1. The lowest BCUT2D eigenvalue weighted by atomic mass is 10.1. The van der Waals surface area contributed by atoms with Gasteiger partial charge in [0.2, 0.25) is 5.91 Å². The van der Waals surface area contributed by atoms with Crippen molar-refractivity contribution in [1.82, 2.24) is 4.90 Å². The number of hydrogen-bond acceptors (Lipinski definition) is 3. The van der Waals surface area contributed by atoms with Crippen molar-refractivity contribution >= 4 is 5.91 Å². The molecule has 0 aromatic rings. The second-order valence-electron chi connectivity index (χ2n) is 4.76. The predicted octanol–water partition coefficient (Wildman–Crippen LogP) is 0.487. The summed E-state index contributed by atoms with van der Waals surface area (Å²) in [7, 11) is 0. The van der Waals surface area contributed by atoms with Crippen molar-refractivity contribution in [2.24, 2.45) is 5.73 Å². The molecule has 1 rings (SSSR count). The summed E-state index contributed by atoms with van der Waals surface area (Å²) in [6.45, 7) is 4.90. The van der Waals surface area contributed by atoms with Gasteiger partial charge in [-0.1, -0.05) is 19.8 Å². The summed E-state index contributed by atoms with van der Waals surface area (Å²) in [5, 5.41) is 9.74. The molecule has 1 amide bonds. The van der Waals surface area contributed by atoms with Crippen molar-refractivity contribution < 1.29 is 9.90 Å². The lowest BCUT2D eigenvalue weighted by molar-refractivity contribution is -0.132. The third-order valence-corrected chi connectivity index (χ3v) is 2.95. The van der Waals surface area contributed by atoms with Gasteiger partial charge >= 0.3 is 0 Å². The van der Waals surface area contributed by atoms with E-state index in [4.69, 9.17) is 5.73 Å². The Morgan fingerprint density at radius 2 is 2.33 bits per heavy atom. The fraction of sp³-hybridized carbons (Fsp3) is 0.909. The number of carbonyl (C=O) groups is 1. The molecule has 1 fully saturated rings. The van der Waals surface area contributed by atoms with Crippen LogP contribution in [0.3, 0.4) is 0 Å². The Kier molecular flexibility index (Phi) is 4.11. The molecule has 2 atom stereocenters. The maximum absolute atomic E-state index is 11.8. The molecule has 0 aromatic heterocycles. The van der Waals surface area contributed by atoms with Gasteiger partial charge in [0, 0.05) is 13.1 Å². The van der Waals surface area contributed by atoms with Gasteiger partial charge in [-0.25, -0.2) is 0 Å². The van der Waals surface area contributed by atoms with Crippen LogP contribution in [0.25, 0.3) is 0 Å². The predicted molar refractivity (Wildman–Crippen MR) is 59.3 cm³/mol. The van der Waals surface area contributed by atoms with Crippen molar-refractivity contribution in [3.05, 3.63) is 0 Å². The molecule has 0 spiro atoms. The molecule has 4 nitrogen and oxygen atoms in total. The lowest BCUT2D eigenvalue weighted by Gasteiger charge is -2.22. The highest BCUT2D eigenvalue weighted by molar-refractivity contribution is 5.82. The topological polar surface area (TPSA) is 66.6 Å². The first-order valence-electron chi connectivity index (χ1n) is 5.73. The zero-order valence-corrected chi connectivity index (χ0v) is 9.70. The number of rotatable bonds is 4. The first-order chi connectivity index (χ1) is 6.96. The summed E-state index contributed by atoms with van der Waals surface area (Å²) in [5.41, 5.74) is 5.08. The lowest BCUT2D eigenvalue weighted by Crippen LogP contribution is -2.44. The minimum atomic E-state index is -0.722.